The smallest absolute Gasteiger partial charge is 0.309 e. The summed E-state index contributed by atoms with van der Waals surface area (Å²) in [5.41, 5.74) is 18.6. The van der Waals surface area contributed by atoms with E-state index in [-0.39, 0.29) is 16.7 Å². The van der Waals surface area contributed by atoms with E-state index in [0.29, 0.717) is 28.1 Å². The summed E-state index contributed by atoms with van der Waals surface area (Å²) in [7, 11) is 0. The van der Waals surface area contributed by atoms with E-state index in [2.05, 4.69) is 213 Å². The molecule has 13 aromatic rings. The van der Waals surface area contributed by atoms with Crippen molar-refractivity contribution in [2.45, 2.75) is 33.9 Å². The van der Waals surface area contributed by atoms with Gasteiger partial charge in [0.2, 0.25) is 0 Å². The summed E-state index contributed by atoms with van der Waals surface area (Å²) in [6, 6.07) is 78.9. The lowest BCUT2D eigenvalue weighted by molar-refractivity contribution is -0.137. The molecule has 7 heteroatoms. The zero-order valence-corrected chi connectivity index (χ0v) is 44.3. The van der Waals surface area contributed by atoms with E-state index in [0.717, 1.165) is 116 Å². The monoisotopic (exact) mass is 1040 g/mol. The third kappa shape index (κ3) is 8.67. The molecule has 80 heavy (non-hydrogen) atoms. The summed E-state index contributed by atoms with van der Waals surface area (Å²) in [4.78, 5) is 0. The molecule has 0 N–H and O–H groups in total. The molecule has 0 atom stereocenters. The van der Waals surface area contributed by atoms with Crippen LogP contribution >= 0.6 is 0 Å². The van der Waals surface area contributed by atoms with Crippen LogP contribution in [0.15, 0.2) is 224 Å². The van der Waals surface area contributed by atoms with Crippen molar-refractivity contribution < 1.29 is 13.2 Å². The second-order valence-electron chi connectivity index (χ2n) is 21.0. The van der Waals surface area contributed by atoms with Gasteiger partial charge in [0.05, 0.1) is 56.6 Å². The molecule has 0 bridgehead atoms. The molecule has 0 aliphatic rings. The molecule has 0 radical (unpaired) electrons. The van der Waals surface area contributed by atoms with Gasteiger partial charge in [-0.15, -0.1) is 0 Å². The van der Waals surface area contributed by atoms with Gasteiger partial charge in [-0.05, 0) is 180 Å². The molecule has 0 saturated heterocycles. The fourth-order valence-corrected chi connectivity index (χ4v) is 11.5. The molecule has 2 aromatic heterocycles. The summed E-state index contributed by atoms with van der Waals surface area (Å²) in [6.45, 7) is 8.29. The van der Waals surface area contributed by atoms with E-state index in [4.69, 9.17) is 0 Å². The van der Waals surface area contributed by atoms with E-state index in [1.807, 2.05) is 24.3 Å². The van der Waals surface area contributed by atoms with Crippen LogP contribution in [0.1, 0.15) is 38.9 Å². The Morgan fingerprint density at radius 1 is 0.312 bits per heavy atom. The summed E-state index contributed by atoms with van der Waals surface area (Å²) >= 11 is 0. The van der Waals surface area contributed by atoms with Gasteiger partial charge in [0.25, 0.3) is 0 Å². The molecule has 0 saturated carbocycles. The molecule has 0 fully saturated rings. The number of aromatic nitrogens is 2. The number of nitrogens with zero attached hydrogens (tertiary/aromatic N) is 4. The number of nitriles is 2. The highest BCUT2D eigenvalue weighted by Gasteiger charge is 2.35. The molecule has 0 unspecified atom stereocenters. The first-order chi connectivity index (χ1) is 38.8. The second-order valence-corrected chi connectivity index (χ2v) is 21.0. The van der Waals surface area contributed by atoms with Gasteiger partial charge in [0.15, 0.2) is 0 Å². The van der Waals surface area contributed by atoms with Gasteiger partial charge >= 0.3 is 6.18 Å². The lowest BCUT2D eigenvalue weighted by atomic mass is 9.89. The molecule has 0 amide bonds. The van der Waals surface area contributed by atoms with Crippen molar-refractivity contribution >= 4 is 43.6 Å². The summed E-state index contributed by atoms with van der Waals surface area (Å²) in [5.74, 6) is 0. The molecule has 0 spiro atoms. The van der Waals surface area contributed by atoms with Crippen LogP contribution in [0.4, 0.5) is 13.2 Å². The minimum absolute atomic E-state index is 0.0910. The normalized spacial score (nSPS) is 11.7. The van der Waals surface area contributed by atoms with Gasteiger partial charge in [-0.3, -0.25) is 0 Å². The maximum atomic E-state index is 15.5. The van der Waals surface area contributed by atoms with Gasteiger partial charge < -0.3 is 9.13 Å². The Kier molecular flexibility index (Phi) is 11.9. The highest BCUT2D eigenvalue weighted by molar-refractivity contribution is 6.14. The van der Waals surface area contributed by atoms with Gasteiger partial charge in [0.1, 0.15) is 0 Å². The largest absolute Gasteiger partial charge is 0.417 e. The molecule has 4 nitrogen and oxygen atoms in total. The number of fused-ring (bicyclic) bond motifs is 6. The van der Waals surface area contributed by atoms with Crippen molar-refractivity contribution in [3.8, 4) is 90.3 Å². The highest BCUT2D eigenvalue weighted by atomic mass is 19.4. The van der Waals surface area contributed by atoms with Crippen molar-refractivity contribution in [3.63, 3.8) is 0 Å². The van der Waals surface area contributed by atoms with Crippen LogP contribution < -0.4 is 0 Å². The van der Waals surface area contributed by atoms with Crippen LogP contribution in [-0.2, 0) is 6.18 Å². The van der Waals surface area contributed by atoms with Crippen LogP contribution in [0.3, 0.4) is 0 Å². The third-order valence-electron chi connectivity index (χ3n) is 15.7. The standard InChI is InChI=1S/C73H49F3N4/c1-44-5-15-50(16-6-44)54-23-31-68-63(37-54)64-38-55(51-17-7-45(2)8-18-51)24-32-69(64)79(68)58-27-29-59(60-28-13-49(43-78)36-67(60)73(74,75)76)61(41-58)62-35-48(42-77)14-30-70(62)80-71-33-25-56(52-19-9-46(3)10-20-52)39-65(71)66-40-57(26-34-72(66)80)53-21-11-47(4)12-22-53/h5-41H,1-4H3. The van der Waals surface area contributed by atoms with Crippen LogP contribution in [0.2, 0.25) is 0 Å². The predicted molar refractivity (Wildman–Crippen MR) is 321 cm³/mol. The molecule has 13 rings (SSSR count). The third-order valence-corrected chi connectivity index (χ3v) is 15.7. The quantitative estimate of drug-likeness (QED) is 0.152. The minimum atomic E-state index is -4.82. The van der Waals surface area contributed by atoms with Crippen LogP contribution in [0, 0.1) is 50.4 Å². The lowest BCUT2D eigenvalue weighted by Crippen LogP contribution is -2.08. The molecular formula is C73H49F3N4. The van der Waals surface area contributed by atoms with E-state index < -0.39 is 11.7 Å². The Bertz CT molecular complexity index is 4510. The number of alkyl halides is 3. The van der Waals surface area contributed by atoms with Crippen molar-refractivity contribution in [2.75, 3.05) is 0 Å². The molecule has 382 valence electrons. The van der Waals surface area contributed by atoms with Crippen LogP contribution in [0.25, 0.3) is 122 Å². The zero-order chi connectivity index (χ0) is 55.0. The molecule has 0 aliphatic carbocycles. The summed E-state index contributed by atoms with van der Waals surface area (Å²) in [6.07, 6.45) is -4.82. The van der Waals surface area contributed by atoms with E-state index in [1.165, 1.54) is 12.1 Å². The Balaban J connectivity index is 1.11. The maximum absolute atomic E-state index is 15.5. The lowest BCUT2D eigenvalue weighted by Gasteiger charge is -2.21. The van der Waals surface area contributed by atoms with Crippen molar-refractivity contribution in [3.05, 3.63) is 263 Å². The van der Waals surface area contributed by atoms with E-state index in [9.17, 15) is 10.5 Å². The number of aryl methyl sites for hydroxylation is 4. The predicted octanol–water partition coefficient (Wildman–Crippen LogP) is 19.9. The Morgan fingerprint density at radius 2 is 0.662 bits per heavy atom. The molecule has 0 aliphatic heterocycles. The first-order valence-electron chi connectivity index (χ1n) is 26.6. The van der Waals surface area contributed by atoms with Crippen molar-refractivity contribution in [1.29, 1.82) is 10.5 Å². The van der Waals surface area contributed by atoms with Crippen molar-refractivity contribution in [2.24, 2.45) is 0 Å². The zero-order valence-electron chi connectivity index (χ0n) is 44.3. The van der Waals surface area contributed by atoms with Crippen LogP contribution in [0.5, 0.6) is 0 Å². The fraction of sp³-hybridized carbons (Fsp3) is 0.0685. The Hall–Kier alpha value is -10.2. The molecular weight excluding hydrogens is 990 g/mol. The highest BCUT2D eigenvalue weighted by Crippen LogP contribution is 2.47. The SMILES string of the molecule is Cc1ccc(-c2ccc3c(c2)c2cc(-c4ccc(C)cc4)ccc2n3-c2ccc(-c3ccc(C#N)cc3C(F)(F)F)c(-c3cc(C#N)ccc3-n3c4ccc(-c5ccc(C)cc5)cc4c4cc(-c5ccc(C)cc5)ccc43)c2)cc1. The fourth-order valence-electron chi connectivity index (χ4n) is 11.5. The average Bonchev–Trinajstić information content (AvgIpc) is 4.17. The van der Waals surface area contributed by atoms with Crippen LogP contribution in [-0.4, -0.2) is 9.13 Å². The van der Waals surface area contributed by atoms with E-state index in [1.54, 1.807) is 18.2 Å². The number of halogens is 3. The van der Waals surface area contributed by atoms with Gasteiger partial charge in [0, 0.05) is 32.8 Å². The number of rotatable bonds is 8. The topological polar surface area (TPSA) is 57.4 Å². The minimum Gasteiger partial charge on any atom is -0.309 e. The van der Waals surface area contributed by atoms with Gasteiger partial charge in [-0.1, -0.05) is 156 Å². The molecule has 11 aromatic carbocycles. The summed E-state index contributed by atoms with van der Waals surface area (Å²) < 4.78 is 51.0. The number of benzene rings is 11. The maximum Gasteiger partial charge on any atom is 0.417 e. The van der Waals surface area contributed by atoms with E-state index >= 15 is 13.2 Å². The molecule has 2 heterocycles. The second kappa shape index (κ2) is 19.4. The number of hydrogen-bond donors (Lipinski definition) is 0. The Labute approximate surface area is 461 Å². The van der Waals surface area contributed by atoms with Gasteiger partial charge in [-0.2, -0.15) is 23.7 Å². The van der Waals surface area contributed by atoms with Crippen molar-refractivity contribution in [1.82, 2.24) is 9.13 Å². The average molecular weight is 1040 g/mol. The van der Waals surface area contributed by atoms with Gasteiger partial charge in [-0.25, -0.2) is 0 Å². The first kappa shape index (κ1) is 49.4. The summed E-state index contributed by atoms with van der Waals surface area (Å²) in [5, 5.41) is 24.6. The Morgan fingerprint density at radius 3 is 1.05 bits per heavy atom. The first-order valence-corrected chi connectivity index (χ1v) is 26.6. The number of hydrogen-bond acceptors (Lipinski definition) is 2.